The largest absolute Gasteiger partial charge is 0.338 e. The van der Waals surface area contributed by atoms with Crippen molar-refractivity contribution in [1.82, 2.24) is 4.90 Å². The number of hydrogen-bond donors (Lipinski definition) is 1. The van der Waals surface area contributed by atoms with Crippen LogP contribution >= 0.6 is 0 Å². The summed E-state index contributed by atoms with van der Waals surface area (Å²) >= 11 is 0. The molecule has 0 aliphatic heterocycles. The van der Waals surface area contributed by atoms with Crippen molar-refractivity contribution in [2.24, 2.45) is 11.7 Å². The Morgan fingerprint density at radius 3 is 2.75 bits per heavy atom. The van der Waals surface area contributed by atoms with E-state index in [2.05, 4.69) is 0 Å². The molecule has 0 spiro atoms. The quantitative estimate of drug-likeness (QED) is 0.926. The molecule has 0 heterocycles. The Labute approximate surface area is 117 Å². The van der Waals surface area contributed by atoms with Gasteiger partial charge in [0.05, 0.1) is 5.56 Å². The van der Waals surface area contributed by atoms with Gasteiger partial charge in [-0.25, -0.2) is 8.78 Å². The standard InChI is InChI=1S/C15H20F2N2O/c1-19(14-5-3-2-4-10(14)9-18)15(20)12-8-11(16)6-7-13(12)17/h6-8,10,14H,2-5,9,18H2,1H3. The van der Waals surface area contributed by atoms with Gasteiger partial charge in [0, 0.05) is 13.1 Å². The summed E-state index contributed by atoms with van der Waals surface area (Å²) in [5.41, 5.74) is 5.54. The molecule has 1 fully saturated rings. The second-order valence-electron chi connectivity index (χ2n) is 5.39. The summed E-state index contributed by atoms with van der Waals surface area (Å²) in [7, 11) is 1.64. The molecule has 1 aromatic rings. The van der Waals surface area contributed by atoms with E-state index in [1.165, 1.54) is 4.90 Å². The highest BCUT2D eigenvalue weighted by Gasteiger charge is 2.31. The second kappa shape index (κ2) is 6.31. The highest BCUT2D eigenvalue weighted by atomic mass is 19.1. The Morgan fingerprint density at radius 1 is 1.35 bits per heavy atom. The summed E-state index contributed by atoms with van der Waals surface area (Å²) in [5, 5.41) is 0. The normalized spacial score (nSPS) is 22.6. The van der Waals surface area contributed by atoms with Crippen molar-refractivity contribution in [3.8, 4) is 0 Å². The Bertz CT molecular complexity index is 493. The molecule has 2 unspecified atom stereocenters. The maximum absolute atomic E-state index is 13.7. The number of nitrogens with two attached hydrogens (primary N) is 1. The van der Waals surface area contributed by atoms with Gasteiger partial charge in [-0.3, -0.25) is 4.79 Å². The monoisotopic (exact) mass is 282 g/mol. The highest BCUT2D eigenvalue weighted by Crippen LogP contribution is 2.28. The molecule has 2 N–H and O–H groups in total. The molecule has 5 heteroatoms. The van der Waals surface area contributed by atoms with Gasteiger partial charge in [-0.2, -0.15) is 0 Å². The van der Waals surface area contributed by atoms with E-state index in [9.17, 15) is 13.6 Å². The number of hydrogen-bond acceptors (Lipinski definition) is 2. The second-order valence-corrected chi connectivity index (χ2v) is 5.39. The molecular weight excluding hydrogens is 262 g/mol. The van der Waals surface area contributed by atoms with Crippen LogP contribution in [0.5, 0.6) is 0 Å². The van der Waals surface area contributed by atoms with E-state index < -0.39 is 17.5 Å². The number of carbonyl (C=O) groups excluding carboxylic acids is 1. The molecular formula is C15H20F2N2O. The van der Waals surface area contributed by atoms with Gasteiger partial charge in [-0.15, -0.1) is 0 Å². The smallest absolute Gasteiger partial charge is 0.256 e. The summed E-state index contributed by atoms with van der Waals surface area (Å²) in [4.78, 5) is 13.9. The van der Waals surface area contributed by atoms with Gasteiger partial charge < -0.3 is 10.6 Å². The van der Waals surface area contributed by atoms with Crippen LogP contribution in [0.2, 0.25) is 0 Å². The molecule has 1 saturated carbocycles. The van der Waals surface area contributed by atoms with E-state index >= 15 is 0 Å². The van der Waals surface area contributed by atoms with Gasteiger partial charge in [0.25, 0.3) is 5.91 Å². The highest BCUT2D eigenvalue weighted by molar-refractivity contribution is 5.94. The van der Waals surface area contributed by atoms with Crippen LogP contribution in [0, 0.1) is 17.6 Å². The minimum absolute atomic E-state index is 0.00363. The van der Waals surface area contributed by atoms with Crippen molar-refractivity contribution in [3.63, 3.8) is 0 Å². The topological polar surface area (TPSA) is 46.3 Å². The predicted octanol–water partition coefficient (Wildman–Crippen LogP) is 2.55. The molecule has 1 aliphatic rings. The zero-order valence-electron chi connectivity index (χ0n) is 11.6. The fraction of sp³-hybridized carbons (Fsp3) is 0.533. The fourth-order valence-electron chi connectivity index (χ4n) is 2.97. The summed E-state index contributed by atoms with van der Waals surface area (Å²) in [6.07, 6.45) is 3.98. The van der Waals surface area contributed by atoms with Crippen LogP contribution in [0.1, 0.15) is 36.0 Å². The summed E-state index contributed by atoms with van der Waals surface area (Å²) in [6.45, 7) is 0.508. The number of amides is 1. The molecule has 0 saturated heterocycles. The van der Waals surface area contributed by atoms with Crippen LogP contribution in [-0.4, -0.2) is 30.4 Å². The summed E-state index contributed by atoms with van der Waals surface area (Å²) in [5.74, 6) is -1.55. The third-order valence-corrected chi connectivity index (χ3v) is 4.15. The van der Waals surface area contributed by atoms with Crippen molar-refractivity contribution in [3.05, 3.63) is 35.4 Å². The van der Waals surface area contributed by atoms with E-state index in [-0.39, 0.29) is 17.5 Å². The minimum atomic E-state index is -0.691. The number of carbonyl (C=O) groups is 1. The Morgan fingerprint density at radius 2 is 2.05 bits per heavy atom. The van der Waals surface area contributed by atoms with Crippen LogP contribution < -0.4 is 5.73 Å². The van der Waals surface area contributed by atoms with Crippen LogP contribution in [-0.2, 0) is 0 Å². The Kier molecular flexibility index (Phi) is 4.70. The minimum Gasteiger partial charge on any atom is -0.338 e. The lowest BCUT2D eigenvalue weighted by Crippen LogP contribution is -2.46. The average Bonchev–Trinajstić information content (AvgIpc) is 2.48. The van der Waals surface area contributed by atoms with Gasteiger partial charge in [0.1, 0.15) is 11.6 Å². The molecule has 2 atom stereocenters. The van der Waals surface area contributed by atoms with E-state index in [0.29, 0.717) is 6.54 Å². The number of benzene rings is 1. The molecule has 0 bridgehead atoms. The van der Waals surface area contributed by atoms with E-state index in [1.807, 2.05) is 0 Å². The van der Waals surface area contributed by atoms with Crippen LogP contribution in [0.15, 0.2) is 18.2 Å². The molecule has 0 aromatic heterocycles. The van der Waals surface area contributed by atoms with E-state index in [1.54, 1.807) is 7.05 Å². The lowest BCUT2D eigenvalue weighted by Gasteiger charge is -2.37. The molecule has 1 aromatic carbocycles. The first-order valence-corrected chi connectivity index (χ1v) is 6.97. The zero-order chi connectivity index (χ0) is 14.7. The molecule has 0 radical (unpaired) electrons. The molecule has 20 heavy (non-hydrogen) atoms. The SMILES string of the molecule is CN(C(=O)c1cc(F)ccc1F)C1CCCCC1CN. The first kappa shape index (κ1) is 14.9. The molecule has 1 aliphatic carbocycles. The number of nitrogens with zero attached hydrogens (tertiary/aromatic N) is 1. The predicted molar refractivity (Wildman–Crippen MR) is 73.3 cm³/mol. The van der Waals surface area contributed by atoms with Gasteiger partial charge >= 0.3 is 0 Å². The van der Waals surface area contributed by atoms with Crippen molar-refractivity contribution < 1.29 is 13.6 Å². The zero-order valence-corrected chi connectivity index (χ0v) is 11.6. The summed E-state index contributed by atoms with van der Waals surface area (Å²) in [6, 6.07) is 2.95. The van der Waals surface area contributed by atoms with Crippen molar-refractivity contribution in [2.75, 3.05) is 13.6 Å². The number of halogens is 2. The van der Waals surface area contributed by atoms with Crippen molar-refractivity contribution in [1.29, 1.82) is 0 Å². The maximum Gasteiger partial charge on any atom is 0.256 e. The van der Waals surface area contributed by atoms with Crippen molar-refractivity contribution in [2.45, 2.75) is 31.7 Å². The van der Waals surface area contributed by atoms with E-state index in [4.69, 9.17) is 5.73 Å². The first-order valence-electron chi connectivity index (χ1n) is 6.97. The van der Waals surface area contributed by atoms with Crippen LogP contribution in [0.3, 0.4) is 0 Å². The fourth-order valence-corrected chi connectivity index (χ4v) is 2.97. The average molecular weight is 282 g/mol. The lowest BCUT2D eigenvalue weighted by molar-refractivity contribution is 0.0615. The maximum atomic E-state index is 13.7. The van der Waals surface area contributed by atoms with Gasteiger partial charge in [0.2, 0.25) is 0 Å². The lowest BCUT2D eigenvalue weighted by atomic mass is 9.83. The van der Waals surface area contributed by atoms with Gasteiger partial charge in [-0.05, 0) is 43.5 Å². The van der Waals surface area contributed by atoms with E-state index in [0.717, 1.165) is 43.9 Å². The number of rotatable bonds is 3. The van der Waals surface area contributed by atoms with Gasteiger partial charge in [0.15, 0.2) is 0 Å². The molecule has 2 rings (SSSR count). The molecule has 110 valence electrons. The Balaban J connectivity index is 2.21. The first-order chi connectivity index (χ1) is 9.54. The van der Waals surface area contributed by atoms with Crippen molar-refractivity contribution >= 4 is 5.91 Å². The summed E-state index contributed by atoms with van der Waals surface area (Å²) < 4.78 is 26.9. The van der Waals surface area contributed by atoms with Gasteiger partial charge in [-0.1, -0.05) is 12.8 Å². The third-order valence-electron chi connectivity index (χ3n) is 4.15. The molecule has 1 amide bonds. The van der Waals surface area contributed by atoms with Crippen LogP contribution in [0.4, 0.5) is 8.78 Å². The third kappa shape index (κ3) is 2.98. The Hall–Kier alpha value is -1.49. The van der Waals surface area contributed by atoms with Crippen LogP contribution in [0.25, 0.3) is 0 Å². The molecule has 3 nitrogen and oxygen atoms in total.